The van der Waals surface area contributed by atoms with Crippen molar-refractivity contribution in [1.29, 1.82) is 0 Å². The first-order valence-corrected chi connectivity index (χ1v) is 6.26. The molecular formula is C15H14FN3. The van der Waals surface area contributed by atoms with Gasteiger partial charge in [0.15, 0.2) is 5.65 Å². The first-order valence-electron chi connectivity index (χ1n) is 6.26. The van der Waals surface area contributed by atoms with E-state index in [1.165, 1.54) is 12.1 Å². The summed E-state index contributed by atoms with van der Waals surface area (Å²) in [6, 6.07) is 10.3. The highest BCUT2D eigenvalue weighted by Crippen LogP contribution is 2.20. The molecule has 0 fully saturated rings. The number of fused-ring (bicyclic) bond motifs is 1. The number of imidazole rings is 1. The topological polar surface area (TPSA) is 30.2 Å². The summed E-state index contributed by atoms with van der Waals surface area (Å²) in [6.07, 6.45) is 1.83. The van der Waals surface area contributed by atoms with E-state index < -0.39 is 0 Å². The number of hydrogen-bond acceptors (Lipinski definition) is 2. The van der Waals surface area contributed by atoms with E-state index in [9.17, 15) is 4.39 Å². The van der Waals surface area contributed by atoms with Crippen LogP contribution >= 0.6 is 0 Å². The third-order valence-electron chi connectivity index (χ3n) is 3.05. The summed E-state index contributed by atoms with van der Waals surface area (Å²) in [6.45, 7) is 4.19. The molecule has 0 aliphatic carbocycles. The van der Waals surface area contributed by atoms with Crippen molar-refractivity contribution in [3.05, 3.63) is 54.1 Å². The first kappa shape index (κ1) is 11.8. The monoisotopic (exact) mass is 255 g/mol. The van der Waals surface area contributed by atoms with Crippen molar-refractivity contribution in [2.24, 2.45) is 0 Å². The average molecular weight is 255 g/mol. The molecule has 0 saturated heterocycles. The maximum atomic E-state index is 13.2. The Morgan fingerprint density at radius 2 is 2.00 bits per heavy atom. The summed E-state index contributed by atoms with van der Waals surface area (Å²) < 4.78 is 15.0. The van der Waals surface area contributed by atoms with Gasteiger partial charge in [-0.15, -0.1) is 0 Å². The zero-order valence-corrected chi connectivity index (χ0v) is 10.8. The molecule has 0 amide bonds. The lowest BCUT2D eigenvalue weighted by molar-refractivity contribution is 0.628. The lowest BCUT2D eigenvalue weighted by atomic mass is 10.1. The SMILES string of the molecule is CC(C)c1ccc2nc(-c3cccc(F)c3)cn2n1. The van der Waals surface area contributed by atoms with Crippen LogP contribution in [0.3, 0.4) is 0 Å². The van der Waals surface area contributed by atoms with Gasteiger partial charge >= 0.3 is 0 Å². The fourth-order valence-corrected chi connectivity index (χ4v) is 1.99. The molecule has 0 saturated carbocycles. The minimum Gasteiger partial charge on any atom is -0.227 e. The molecule has 0 spiro atoms. The normalized spacial score (nSPS) is 11.4. The lowest BCUT2D eigenvalue weighted by Crippen LogP contribution is -1.98. The Balaban J connectivity index is 2.11. The summed E-state index contributed by atoms with van der Waals surface area (Å²) in [5.41, 5.74) is 3.27. The molecule has 0 N–H and O–H groups in total. The smallest absolute Gasteiger partial charge is 0.154 e. The summed E-state index contributed by atoms with van der Waals surface area (Å²) in [5, 5.41) is 4.50. The number of hydrogen-bond donors (Lipinski definition) is 0. The number of benzene rings is 1. The van der Waals surface area contributed by atoms with Crippen LogP contribution in [-0.2, 0) is 0 Å². The second-order valence-electron chi connectivity index (χ2n) is 4.85. The van der Waals surface area contributed by atoms with E-state index >= 15 is 0 Å². The Labute approximate surface area is 110 Å². The van der Waals surface area contributed by atoms with Gasteiger partial charge in [0, 0.05) is 5.56 Å². The van der Waals surface area contributed by atoms with Gasteiger partial charge in [0.2, 0.25) is 0 Å². The maximum absolute atomic E-state index is 13.2. The van der Waals surface area contributed by atoms with Crippen LogP contribution in [0.5, 0.6) is 0 Å². The van der Waals surface area contributed by atoms with Gasteiger partial charge in [-0.2, -0.15) is 5.10 Å². The molecule has 2 heterocycles. The second-order valence-corrected chi connectivity index (χ2v) is 4.85. The van der Waals surface area contributed by atoms with E-state index in [0.29, 0.717) is 5.92 Å². The van der Waals surface area contributed by atoms with Gasteiger partial charge in [-0.1, -0.05) is 26.0 Å². The highest BCUT2D eigenvalue weighted by Gasteiger charge is 2.08. The van der Waals surface area contributed by atoms with Crippen molar-refractivity contribution >= 4 is 5.65 Å². The summed E-state index contributed by atoms with van der Waals surface area (Å²) in [5.74, 6) is 0.106. The highest BCUT2D eigenvalue weighted by atomic mass is 19.1. The molecule has 0 atom stereocenters. The third-order valence-corrected chi connectivity index (χ3v) is 3.05. The summed E-state index contributed by atoms with van der Waals surface area (Å²) >= 11 is 0. The van der Waals surface area contributed by atoms with Crippen molar-refractivity contribution in [3.63, 3.8) is 0 Å². The third kappa shape index (κ3) is 2.21. The van der Waals surface area contributed by atoms with Gasteiger partial charge in [0.1, 0.15) is 5.82 Å². The predicted octanol–water partition coefficient (Wildman–Crippen LogP) is 3.66. The number of aromatic nitrogens is 3. The zero-order valence-electron chi connectivity index (χ0n) is 10.8. The molecule has 0 unspecified atom stereocenters. The minimum absolute atomic E-state index is 0.259. The Morgan fingerprint density at radius 1 is 1.16 bits per heavy atom. The molecule has 4 heteroatoms. The molecule has 0 bridgehead atoms. The molecule has 3 aromatic rings. The molecule has 3 rings (SSSR count). The van der Waals surface area contributed by atoms with E-state index in [-0.39, 0.29) is 5.82 Å². The largest absolute Gasteiger partial charge is 0.227 e. The molecule has 2 aromatic heterocycles. The summed E-state index contributed by atoms with van der Waals surface area (Å²) in [4.78, 5) is 4.46. The average Bonchev–Trinajstić information content (AvgIpc) is 2.81. The van der Waals surface area contributed by atoms with Gasteiger partial charge in [0.05, 0.1) is 17.6 Å². The van der Waals surface area contributed by atoms with Crippen LogP contribution in [0.4, 0.5) is 4.39 Å². The summed E-state index contributed by atoms with van der Waals surface area (Å²) in [7, 11) is 0. The fourth-order valence-electron chi connectivity index (χ4n) is 1.99. The van der Waals surface area contributed by atoms with Crippen LogP contribution in [0, 0.1) is 5.82 Å². The number of nitrogens with zero attached hydrogens (tertiary/aromatic N) is 3. The van der Waals surface area contributed by atoms with E-state index in [1.54, 1.807) is 10.6 Å². The zero-order chi connectivity index (χ0) is 13.4. The molecule has 0 radical (unpaired) electrons. The van der Waals surface area contributed by atoms with Gasteiger partial charge in [-0.3, -0.25) is 0 Å². The lowest BCUT2D eigenvalue weighted by Gasteiger charge is -2.02. The van der Waals surface area contributed by atoms with Crippen molar-refractivity contribution in [2.45, 2.75) is 19.8 Å². The Kier molecular flexibility index (Phi) is 2.78. The van der Waals surface area contributed by atoms with Crippen LogP contribution in [0.15, 0.2) is 42.6 Å². The van der Waals surface area contributed by atoms with Crippen LogP contribution in [0.25, 0.3) is 16.9 Å². The number of halogens is 1. The number of rotatable bonds is 2. The van der Waals surface area contributed by atoms with Crippen LogP contribution in [0.2, 0.25) is 0 Å². The van der Waals surface area contributed by atoms with E-state index in [4.69, 9.17) is 0 Å². The fraction of sp³-hybridized carbons (Fsp3) is 0.200. The van der Waals surface area contributed by atoms with E-state index in [2.05, 4.69) is 23.9 Å². The Morgan fingerprint density at radius 3 is 2.74 bits per heavy atom. The van der Waals surface area contributed by atoms with Gasteiger partial charge < -0.3 is 0 Å². The van der Waals surface area contributed by atoms with Crippen molar-refractivity contribution < 1.29 is 4.39 Å². The first-order chi connectivity index (χ1) is 9.13. The second kappa shape index (κ2) is 4.46. The van der Waals surface area contributed by atoms with Crippen molar-refractivity contribution in [2.75, 3.05) is 0 Å². The standard InChI is InChI=1S/C15H14FN3/c1-10(2)13-6-7-15-17-14(9-19(15)18-13)11-4-3-5-12(16)8-11/h3-10H,1-2H3. The van der Waals surface area contributed by atoms with Crippen LogP contribution in [0.1, 0.15) is 25.5 Å². The molecule has 19 heavy (non-hydrogen) atoms. The molecule has 96 valence electrons. The van der Waals surface area contributed by atoms with Crippen LogP contribution in [-0.4, -0.2) is 14.6 Å². The molecule has 0 aliphatic rings. The predicted molar refractivity (Wildman–Crippen MR) is 72.5 cm³/mol. The Bertz CT molecular complexity index is 731. The van der Waals surface area contributed by atoms with Gasteiger partial charge in [-0.25, -0.2) is 13.9 Å². The van der Waals surface area contributed by atoms with Crippen LogP contribution < -0.4 is 0 Å². The highest BCUT2D eigenvalue weighted by molar-refractivity contribution is 5.62. The Hall–Kier alpha value is -2.23. The minimum atomic E-state index is -0.259. The van der Waals surface area contributed by atoms with Crippen molar-refractivity contribution in [3.8, 4) is 11.3 Å². The quantitative estimate of drug-likeness (QED) is 0.699. The van der Waals surface area contributed by atoms with Gasteiger partial charge in [-0.05, 0) is 30.2 Å². The molecule has 3 nitrogen and oxygen atoms in total. The molecular weight excluding hydrogens is 241 g/mol. The van der Waals surface area contributed by atoms with Gasteiger partial charge in [0.25, 0.3) is 0 Å². The maximum Gasteiger partial charge on any atom is 0.154 e. The van der Waals surface area contributed by atoms with E-state index in [1.807, 2.05) is 24.4 Å². The molecule has 1 aromatic carbocycles. The van der Waals surface area contributed by atoms with E-state index in [0.717, 1.165) is 22.6 Å². The van der Waals surface area contributed by atoms with Crippen molar-refractivity contribution in [1.82, 2.24) is 14.6 Å². The molecule has 0 aliphatic heterocycles.